The van der Waals surface area contributed by atoms with Crippen molar-refractivity contribution in [1.29, 1.82) is 0 Å². The van der Waals surface area contributed by atoms with Gasteiger partial charge in [-0.2, -0.15) is 0 Å². The number of halogens is 2. The number of nitrogens with one attached hydrogen (secondary N) is 1. The van der Waals surface area contributed by atoms with E-state index in [1.165, 1.54) is 4.90 Å². The molecule has 0 bridgehead atoms. The summed E-state index contributed by atoms with van der Waals surface area (Å²) in [4.78, 5) is 27.2. The molecule has 0 aliphatic carbocycles. The monoisotopic (exact) mass is 522 g/mol. The molecule has 7 heteroatoms. The lowest BCUT2D eigenvalue weighted by molar-refractivity contribution is -0.142. The largest absolute Gasteiger partial charge is 0.483 e. The standard InChI is InChI=1S/C25H32BrClN2O3/c1-6-12-28-24(31)17(2)29(15-18-8-7-9-20(27)13-18)23(30)16-32-22-11-10-19(14-21(22)26)25(3,4)5/h7-11,13-14,17H,6,12,15-16H2,1-5H3,(H,28,31)/t17-/m1/s1. The number of carbonyl (C=O) groups is 2. The molecule has 1 N–H and O–H groups in total. The molecule has 2 aromatic carbocycles. The third-order valence-corrected chi connectivity index (χ3v) is 5.96. The maximum Gasteiger partial charge on any atom is 0.261 e. The molecular weight excluding hydrogens is 492 g/mol. The van der Waals surface area contributed by atoms with E-state index in [-0.39, 0.29) is 30.4 Å². The Morgan fingerprint density at radius 2 is 1.91 bits per heavy atom. The Morgan fingerprint density at radius 1 is 1.19 bits per heavy atom. The van der Waals surface area contributed by atoms with Crippen LogP contribution in [0, 0.1) is 0 Å². The molecule has 0 aromatic heterocycles. The van der Waals surface area contributed by atoms with Gasteiger partial charge < -0.3 is 15.0 Å². The van der Waals surface area contributed by atoms with Crippen LogP contribution in [0.5, 0.6) is 5.75 Å². The Morgan fingerprint density at radius 3 is 2.50 bits per heavy atom. The SMILES string of the molecule is CCCNC(=O)[C@@H](C)N(Cc1cccc(Cl)c1)C(=O)COc1ccc(C(C)(C)C)cc1Br. The average molecular weight is 524 g/mol. The van der Waals surface area contributed by atoms with Gasteiger partial charge in [0.2, 0.25) is 5.91 Å². The number of hydrogen-bond donors (Lipinski definition) is 1. The van der Waals surface area contributed by atoms with E-state index in [1.54, 1.807) is 19.1 Å². The van der Waals surface area contributed by atoms with Crippen LogP contribution in [0.3, 0.4) is 0 Å². The van der Waals surface area contributed by atoms with Crippen LogP contribution in [0.25, 0.3) is 0 Å². The quantitative estimate of drug-likeness (QED) is 0.457. The number of rotatable bonds is 9. The van der Waals surface area contributed by atoms with Crippen molar-refractivity contribution in [3.8, 4) is 5.75 Å². The first-order valence-electron chi connectivity index (χ1n) is 10.8. The van der Waals surface area contributed by atoms with E-state index in [4.69, 9.17) is 16.3 Å². The van der Waals surface area contributed by atoms with Crippen molar-refractivity contribution >= 4 is 39.3 Å². The van der Waals surface area contributed by atoms with Crippen LogP contribution in [-0.4, -0.2) is 35.9 Å². The summed E-state index contributed by atoms with van der Waals surface area (Å²) in [5, 5.41) is 3.44. The minimum absolute atomic E-state index is 0.00586. The zero-order valence-corrected chi connectivity index (χ0v) is 21.7. The van der Waals surface area contributed by atoms with Gasteiger partial charge in [0, 0.05) is 18.1 Å². The van der Waals surface area contributed by atoms with Gasteiger partial charge in [0.1, 0.15) is 11.8 Å². The predicted molar refractivity (Wildman–Crippen MR) is 133 cm³/mol. The van der Waals surface area contributed by atoms with Crippen molar-refractivity contribution in [1.82, 2.24) is 10.2 Å². The molecule has 0 saturated heterocycles. The molecule has 0 fully saturated rings. The number of amides is 2. The smallest absolute Gasteiger partial charge is 0.261 e. The Bertz CT molecular complexity index is 943. The summed E-state index contributed by atoms with van der Waals surface area (Å²) in [5.41, 5.74) is 2.01. The molecule has 0 radical (unpaired) electrons. The van der Waals surface area contributed by atoms with Gasteiger partial charge in [-0.05, 0) is 70.1 Å². The molecule has 1 atom stereocenters. The molecule has 5 nitrogen and oxygen atoms in total. The fourth-order valence-corrected chi connectivity index (χ4v) is 3.82. The van der Waals surface area contributed by atoms with Crippen LogP contribution >= 0.6 is 27.5 Å². The second-order valence-corrected chi connectivity index (χ2v) is 10.1. The number of hydrogen-bond acceptors (Lipinski definition) is 3. The Labute approximate surface area is 204 Å². The zero-order valence-electron chi connectivity index (χ0n) is 19.4. The highest BCUT2D eigenvalue weighted by molar-refractivity contribution is 9.10. The van der Waals surface area contributed by atoms with Crippen molar-refractivity contribution in [3.63, 3.8) is 0 Å². The fourth-order valence-electron chi connectivity index (χ4n) is 3.12. The van der Waals surface area contributed by atoms with Crippen LogP contribution in [0.2, 0.25) is 5.02 Å². The highest BCUT2D eigenvalue weighted by Gasteiger charge is 2.26. The summed E-state index contributed by atoms with van der Waals surface area (Å²) >= 11 is 9.65. The van der Waals surface area contributed by atoms with Gasteiger partial charge in [-0.15, -0.1) is 0 Å². The summed E-state index contributed by atoms with van der Waals surface area (Å²) in [6, 6.07) is 12.5. The van der Waals surface area contributed by atoms with Gasteiger partial charge in [-0.3, -0.25) is 9.59 Å². The minimum atomic E-state index is -0.650. The fraction of sp³-hybridized carbons (Fsp3) is 0.440. The van der Waals surface area contributed by atoms with Gasteiger partial charge >= 0.3 is 0 Å². The van der Waals surface area contributed by atoms with Crippen molar-refractivity contribution in [3.05, 3.63) is 63.1 Å². The topological polar surface area (TPSA) is 58.6 Å². The molecule has 174 valence electrons. The van der Waals surface area contributed by atoms with Crippen molar-refractivity contribution in [2.45, 2.75) is 59.0 Å². The van der Waals surface area contributed by atoms with Gasteiger partial charge in [0.15, 0.2) is 6.61 Å². The first-order chi connectivity index (χ1) is 15.0. The van der Waals surface area contributed by atoms with Gasteiger partial charge in [0.25, 0.3) is 5.91 Å². The molecule has 0 spiro atoms. The van der Waals surface area contributed by atoms with Gasteiger partial charge in [0.05, 0.1) is 4.47 Å². The van der Waals surface area contributed by atoms with Crippen molar-refractivity contribution in [2.24, 2.45) is 0 Å². The first kappa shape index (κ1) is 26.2. The summed E-state index contributed by atoms with van der Waals surface area (Å²) in [6.45, 7) is 10.8. The Kier molecular flexibility index (Phi) is 9.59. The lowest BCUT2D eigenvalue weighted by atomic mass is 9.87. The summed E-state index contributed by atoms with van der Waals surface area (Å²) in [6.07, 6.45) is 0.822. The minimum Gasteiger partial charge on any atom is -0.483 e. The van der Waals surface area contributed by atoms with Crippen LogP contribution in [0.1, 0.15) is 52.2 Å². The molecule has 0 unspecified atom stereocenters. The van der Waals surface area contributed by atoms with Gasteiger partial charge in [-0.1, -0.05) is 57.5 Å². The lowest BCUT2D eigenvalue weighted by Crippen LogP contribution is -2.49. The van der Waals surface area contributed by atoms with Crippen LogP contribution in [-0.2, 0) is 21.5 Å². The average Bonchev–Trinajstić information content (AvgIpc) is 2.73. The predicted octanol–water partition coefficient (Wildman–Crippen LogP) is 5.72. The highest BCUT2D eigenvalue weighted by atomic mass is 79.9. The molecule has 2 aromatic rings. The summed E-state index contributed by atoms with van der Waals surface area (Å²) in [7, 11) is 0. The first-order valence-corrected chi connectivity index (χ1v) is 11.9. The molecule has 0 saturated carbocycles. The van der Waals surface area contributed by atoms with E-state index in [1.807, 2.05) is 37.3 Å². The van der Waals surface area contributed by atoms with E-state index in [9.17, 15) is 9.59 Å². The third kappa shape index (κ3) is 7.52. The molecule has 2 amide bonds. The number of carbonyl (C=O) groups excluding carboxylic acids is 2. The molecular formula is C25H32BrClN2O3. The second-order valence-electron chi connectivity index (χ2n) is 8.80. The van der Waals surface area contributed by atoms with Crippen LogP contribution in [0.4, 0.5) is 0 Å². The van der Waals surface area contributed by atoms with Gasteiger partial charge in [-0.25, -0.2) is 0 Å². The van der Waals surface area contributed by atoms with Crippen molar-refractivity contribution < 1.29 is 14.3 Å². The van der Waals surface area contributed by atoms with Crippen LogP contribution in [0.15, 0.2) is 46.9 Å². The maximum atomic E-state index is 13.1. The van der Waals surface area contributed by atoms with E-state index >= 15 is 0 Å². The number of benzene rings is 2. The lowest BCUT2D eigenvalue weighted by Gasteiger charge is -2.29. The second kappa shape index (κ2) is 11.7. The van der Waals surface area contributed by atoms with Crippen molar-refractivity contribution in [2.75, 3.05) is 13.2 Å². The maximum absolute atomic E-state index is 13.1. The summed E-state index contributed by atoms with van der Waals surface area (Å²) in [5.74, 6) is 0.103. The van der Waals surface area contributed by atoms with E-state index in [2.05, 4.69) is 42.0 Å². The van der Waals surface area contributed by atoms with E-state index < -0.39 is 6.04 Å². The highest BCUT2D eigenvalue weighted by Crippen LogP contribution is 2.31. The molecule has 0 heterocycles. The normalized spacial score (nSPS) is 12.2. The van der Waals surface area contributed by atoms with E-state index in [0.29, 0.717) is 17.3 Å². The molecule has 2 rings (SSSR count). The molecule has 32 heavy (non-hydrogen) atoms. The Hall–Kier alpha value is -2.05. The molecule has 0 aliphatic heterocycles. The van der Waals surface area contributed by atoms with E-state index in [0.717, 1.165) is 22.0 Å². The zero-order chi connectivity index (χ0) is 23.9. The third-order valence-electron chi connectivity index (χ3n) is 5.11. The summed E-state index contributed by atoms with van der Waals surface area (Å²) < 4.78 is 6.61. The molecule has 0 aliphatic rings. The van der Waals surface area contributed by atoms with Crippen LogP contribution < -0.4 is 10.1 Å². The number of nitrogens with zero attached hydrogens (tertiary/aromatic N) is 1. The Balaban J connectivity index is 2.17. The number of ether oxygens (including phenoxy) is 1.